The van der Waals surface area contributed by atoms with Crippen LogP contribution in [0.2, 0.25) is 0 Å². The summed E-state index contributed by atoms with van der Waals surface area (Å²) in [6.07, 6.45) is 6.42. The molecule has 0 atom stereocenters. The second kappa shape index (κ2) is 6.65. The highest BCUT2D eigenvalue weighted by Crippen LogP contribution is 2.26. The van der Waals surface area contributed by atoms with E-state index in [9.17, 15) is 0 Å². The molecule has 0 aliphatic heterocycles. The Labute approximate surface area is 152 Å². The molecule has 0 aliphatic carbocycles. The van der Waals surface area contributed by atoms with Gasteiger partial charge in [0.05, 0.1) is 5.52 Å². The fourth-order valence-electron chi connectivity index (χ4n) is 3.34. The predicted molar refractivity (Wildman–Crippen MR) is 92.7 cm³/mol. The number of imidazole rings is 1. The lowest BCUT2D eigenvalue weighted by molar-refractivity contribution is -0.687. The molecule has 2 heterocycles. The lowest BCUT2D eigenvalue weighted by atomic mass is 10.2. The summed E-state index contributed by atoms with van der Waals surface area (Å²) in [6, 6.07) is 19.1. The minimum atomic E-state index is 0. The van der Waals surface area contributed by atoms with E-state index in [4.69, 9.17) is 0 Å². The van der Waals surface area contributed by atoms with Gasteiger partial charge in [-0.05, 0) is 18.6 Å². The van der Waals surface area contributed by atoms with E-state index in [-0.39, 0.29) is 17.0 Å². The van der Waals surface area contributed by atoms with Gasteiger partial charge in [0.1, 0.15) is 18.9 Å². The second-order valence-electron chi connectivity index (χ2n) is 6.00. The van der Waals surface area contributed by atoms with E-state index in [1.807, 2.05) is 0 Å². The molecule has 3 nitrogen and oxygen atoms in total. The van der Waals surface area contributed by atoms with Gasteiger partial charge in [-0.3, -0.25) is 0 Å². The van der Waals surface area contributed by atoms with E-state index in [0.29, 0.717) is 0 Å². The predicted octanol–water partition coefficient (Wildman–Crippen LogP) is 0.617. The minimum Gasteiger partial charge on any atom is -1.00 e. The van der Waals surface area contributed by atoms with Gasteiger partial charge in [-0.15, -0.1) is 0 Å². The highest BCUT2D eigenvalue weighted by Gasteiger charge is 2.17. The van der Waals surface area contributed by atoms with Crippen LogP contribution in [0.4, 0.5) is 0 Å². The van der Waals surface area contributed by atoms with Gasteiger partial charge in [-0.1, -0.05) is 48.5 Å². The van der Waals surface area contributed by atoms with E-state index in [1.165, 1.54) is 27.8 Å². The standard InChI is InChI=1S/C20H20N3.BrH/c1-16-18-10-6-7-11-19(18)21(2)20(16)23-13-12-22(15-23)14-17-8-4-3-5-9-17;/h3-13,15H,14H2,1-2H3;1H/q+1;/p-1. The fraction of sp³-hybridized carbons (Fsp3) is 0.150. The lowest BCUT2D eigenvalue weighted by Gasteiger charge is -2.01. The van der Waals surface area contributed by atoms with E-state index in [2.05, 4.69) is 101 Å². The molecular weight excluding hydrogens is 362 g/mol. The Morgan fingerprint density at radius 1 is 0.958 bits per heavy atom. The Balaban J connectivity index is 0.00000169. The number of nitrogens with zero attached hydrogens (tertiary/aromatic N) is 3. The zero-order chi connectivity index (χ0) is 15.8. The van der Waals surface area contributed by atoms with Crippen LogP contribution in [-0.2, 0) is 13.6 Å². The first-order chi connectivity index (χ1) is 11.2. The molecule has 0 spiro atoms. The van der Waals surface area contributed by atoms with Crippen LogP contribution in [-0.4, -0.2) is 9.13 Å². The highest BCUT2D eigenvalue weighted by molar-refractivity contribution is 5.87. The summed E-state index contributed by atoms with van der Waals surface area (Å²) in [5.74, 6) is 1.22. The molecule has 4 heteroatoms. The SMILES string of the molecule is Cc1c(-n2cc[n+](Cc3ccccc3)c2)n(C)c2ccccc12.[Br-]. The molecule has 4 aromatic rings. The summed E-state index contributed by atoms with van der Waals surface area (Å²) in [4.78, 5) is 0. The quantitative estimate of drug-likeness (QED) is 0.461. The molecule has 0 unspecified atom stereocenters. The number of rotatable bonds is 3. The van der Waals surface area contributed by atoms with Gasteiger partial charge in [-0.2, -0.15) is 4.57 Å². The molecule has 0 saturated heterocycles. The van der Waals surface area contributed by atoms with Gasteiger partial charge < -0.3 is 21.5 Å². The largest absolute Gasteiger partial charge is 1.00 e. The average molecular weight is 382 g/mol. The summed E-state index contributed by atoms with van der Waals surface area (Å²) in [5.41, 5.74) is 3.89. The first-order valence-electron chi connectivity index (χ1n) is 7.89. The summed E-state index contributed by atoms with van der Waals surface area (Å²) in [5, 5.41) is 1.31. The van der Waals surface area contributed by atoms with Crippen molar-refractivity contribution in [2.24, 2.45) is 7.05 Å². The van der Waals surface area contributed by atoms with Gasteiger partial charge in [-0.25, -0.2) is 4.57 Å². The van der Waals surface area contributed by atoms with E-state index >= 15 is 0 Å². The van der Waals surface area contributed by atoms with Crippen molar-refractivity contribution in [1.82, 2.24) is 9.13 Å². The molecular formula is C20H20BrN3. The molecule has 0 radical (unpaired) electrons. The van der Waals surface area contributed by atoms with Crippen molar-refractivity contribution in [3.05, 3.63) is 84.4 Å². The molecule has 0 fully saturated rings. The Kier molecular flexibility index (Phi) is 4.58. The van der Waals surface area contributed by atoms with Crippen molar-refractivity contribution in [3.63, 3.8) is 0 Å². The first kappa shape index (κ1) is 16.5. The molecule has 122 valence electrons. The molecule has 0 N–H and O–H groups in total. The molecule has 24 heavy (non-hydrogen) atoms. The van der Waals surface area contributed by atoms with Crippen molar-refractivity contribution in [1.29, 1.82) is 0 Å². The van der Waals surface area contributed by atoms with E-state index < -0.39 is 0 Å². The number of hydrogen-bond donors (Lipinski definition) is 0. The Morgan fingerprint density at radius 2 is 1.67 bits per heavy atom. The monoisotopic (exact) mass is 381 g/mol. The van der Waals surface area contributed by atoms with Crippen molar-refractivity contribution >= 4 is 10.9 Å². The minimum absolute atomic E-state index is 0. The third-order valence-electron chi connectivity index (χ3n) is 4.47. The Morgan fingerprint density at radius 3 is 2.42 bits per heavy atom. The maximum Gasteiger partial charge on any atom is 0.250 e. The third-order valence-corrected chi connectivity index (χ3v) is 4.47. The topological polar surface area (TPSA) is 13.7 Å². The van der Waals surface area contributed by atoms with Crippen LogP contribution in [0, 0.1) is 6.92 Å². The molecule has 2 aromatic carbocycles. The van der Waals surface area contributed by atoms with Crippen LogP contribution in [0.25, 0.3) is 16.7 Å². The highest BCUT2D eigenvalue weighted by atomic mass is 79.9. The van der Waals surface area contributed by atoms with Crippen LogP contribution in [0.1, 0.15) is 11.1 Å². The fourth-order valence-corrected chi connectivity index (χ4v) is 3.34. The number of fused-ring (bicyclic) bond motifs is 1. The summed E-state index contributed by atoms with van der Waals surface area (Å²) in [6.45, 7) is 3.08. The second-order valence-corrected chi connectivity index (χ2v) is 6.00. The van der Waals surface area contributed by atoms with Crippen molar-refractivity contribution in [2.75, 3.05) is 0 Å². The number of hydrogen-bond acceptors (Lipinski definition) is 0. The number of aromatic nitrogens is 3. The zero-order valence-electron chi connectivity index (χ0n) is 13.9. The summed E-state index contributed by atoms with van der Waals surface area (Å²) >= 11 is 0. The number of aryl methyl sites for hydroxylation is 2. The van der Waals surface area contributed by atoms with Gasteiger partial charge in [0.25, 0.3) is 0 Å². The van der Waals surface area contributed by atoms with Crippen LogP contribution in [0.3, 0.4) is 0 Å². The van der Waals surface area contributed by atoms with Gasteiger partial charge >= 0.3 is 0 Å². The number of halogens is 1. The zero-order valence-corrected chi connectivity index (χ0v) is 15.4. The molecule has 0 aliphatic rings. The molecule has 4 rings (SSSR count). The van der Waals surface area contributed by atoms with E-state index in [1.54, 1.807) is 0 Å². The van der Waals surface area contributed by atoms with Gasteiger partial charge in [0.2, 0.25) is 12.1 Å². The first-order valence-corrected chi connectivity index (χ1v) is 7.89. The van der Waals surface area contributed by atoms with Crippen LogP contribution < -0.4 is 21.5 Å². The van der Waals surface area contributed by atoms with Crippen molar-refractivity contribution in [3.8, 4) is 5.82 Å². The maximum absolute atomic E-state index is 2.26. The Bertz CT molecular complexity index is 928. The van der Waals surface area contributed by atoms with Gasteiger partial charge in [0.15, 0.2) is 0 Å². The molecule has 0 bridgehead atoms. The van der Waals surface area contributed by atoms with Crippen LogP contribution in [0.5, 0.6) is 0 Å². The average Bonchev–Trinajstić information content (AvgIpc) is 3.12. The lowest BCUT2D eigenvalue weighted by Crippen LogP contribution is -3.00. The van der Waals surface area contributed by atoms with E-state index in [0.717, 1.165) is 6.54 Å². The molecule has 2 aromatic heterocycles. The summed E-state index contributed by atoms with van der Waals surface area (Å²) in [7, 11) is 2.13. The van der Waals surface area contributed by atoms with Crippen LogP contribution >= 0.6 is 0 Å². The van der Waals surface area contributed by atoms with Crippen molar-refractivity contribution < 1.29 is 21.5 Å². The Hall–Kier alpha value is -2.33. The van der Waals surface area contributed by atoms with Crippen LogP contribution in [0.15, 0.2) is 73.3 Å². The summed E-state index contributed by atoms with van der Waals surface area (Å²) < 4.78 is 6.68. The van der Waals surface area contributed by atoms with Gasteiger partial charge in [0, 0.05) is 18.0 Å². The number of para-hydroxylation sites is 1. The van der Waals surface area contributed by atoms with Crippen molar-refractivity contribution in [2.45, 2.75) is 13.5 Å². The number of benzene rings is 2. The molecule has 0 saturated carbocycles. The smallest absolute Gasteiger partial charge is 0.250 e. The third kappa shape index (κ3) is 2.78. The normalized spacial score (nSPS) is 10.8. The maximum atomic E-state index is 2.26. The molecule has 0 amide bonds.